The largest absolute Gasteiger partial charge is 0.573 e. The highest BCUT2D eigenvalue weighted by Crippen LogP contribution is 2.27. The molecule has 0 saturated carbocycles. The van der Waals surface area contributed by atoms with Gasteiger partial charge in [-0.25, -0.2) is 4.98 Å². The number of thiazole rings is 1. The second-order valence-electron chi connectivity index (χ2n) is 7.50. The number of pyridine rings is 1. The molecule has 0 saturated heterocycles. The number of methoxy groups -OCH3 is 1. The molecule has 0 radical (unpaired) electrons. The van der Waals surface area contributed by atoms with E-state index in [2.05, 4.69) is 20.0 Å². The number of aryl methyl sites for hydroxylation is 1. The number of alkyl halides is 3. The quantitative estimate of drug-likeness (QED) is 0.320. The van der Waals surface area contributed by atoms with Crippen molar-refractivity contribution in [3.8, 4) is 17.0 Å². The molecule has 0 unspecified atom stereocenters. The Morgan fingerprint density at radius 3 is 2.58 bits per heavy atom. The van der Waals surface area contributed by atoms with Crippen molar-refractivity contribution in [3.05, 3.63) is 63.0 Å². The molecular formula is C23H22ClF3N4O4S. The summed E-state index contributed by atoms with van der Waals surface area (Å²) in [5.74, 6) is -1.14. The first-order valence-electron chi connectivity index (χ1n) is 10.6. The first-order valence-corrected chi connectivity index (χ1v) is 11.8. The van der Waals surface area contributed by atoms with Crippen molar-refractivity contribution in [2.24, 2.45) is 4.99 Å². The lowest BCUT2D eigenvalue weighted by Gasteiger charge is -2.12. The highest BCUT2D eigenvalue weighted by molar-refractivity contribution is 7.07. The standard InChI is InChI=1S/C23H22ClF3N4O4S/c1-14-10-16(11-19(24)29-14)21(33)30-22-31(9-3-8-28-20(32)12-34-2)18(13-36-22)15-4-6-17(7-5-15)35-23(25,26)27/h4-7,10-11,13H,3,8-9,12H2,1-2H3,(H,28,32). The maximum Gasteiger partial charge on any atom is 0.573 e. The Hall–Kier alpha value is -3.22. The van der Waals surface area contributed by atoms with E-state index in [1.54, 1.807) is 22.9 Å². The molecule has 8 nitrogen and oxygen atoms in total. The van der Waals surface area contributed by atoms with Crippen molar-refractivity contribution in [1.82, 2.24) is 14.9 Å². The number of halogens is 4. The smallest absolute Gasteiger partial charge is 0.406 e. The summed E-state index contributed by atoms with van der Waals surface area (Å²) in [6.07, 6.45) is -4.30. The molecule has 13 heteroatoms. The van der Waals surface area contributed by atoms with E-state index in [9.17, 15) is 22.8 Å². The number of ether oxygens (including phenoxy) is 2. The highest BCUT2D eigenvalue weighted by atomic mass is 35.5. The normalized spacial score (nSPS) is 12.0. The molecule has 2 aromatic heterocycles. The number of aromatic nitrogens is 2. The van der Waals surface area contributed by atoms with Crippen LogP contribution in [0.5, 0.6) is 5.75 Å². The van der Waals surface area contributed by atoms with E-state index in [1.807, 2.05) is 0 Å². The number of benzene rings is 1. The molecule has 1 aromatic carbocycles. The number of carbonyl (C=O) groups excluding carboxylic acids is 2. The highest BCUT2D eigenvalue weighted by Gasteiger charge is 2.31. The molecule has 1 N–H and O–H groups in total. The molecule has 0 aliphatic rings. The Kier molecular flexibility index (Phi) is 9.24. The van der Waals surface area contributed by atoms with Crippen molar-refractivity contribution < 1.29 is 32.2 Å². The van der Waals surface area contributed by atoms with E-state index in [1.165, 1.54) is 48.8 Å². The lowest BCUT2D eigenvalue weighted by Crippen LogP contribution is -2.29. The zero-order valence-electron chi connectivity index (χ0n) is 19.3. The van der Waals surface area contributed by atoms with Crippen LogP contribution in [0.3, 0.4) is 0 Å². The minimum Gasteiger partial charge on any atom is -0.406 e. The van der Waals surface area contributed by atoms with Crippen LogP contribution in [0.4, 0.5) is 13.2 Å². The fourth-order valence-corrected chi connectivity index (χ4v) is 4.43. The van der Waals surface area contributed by atoms with Gasteiger partial charge in [-0.1, -0.05) is 11.6 Å². The molecule has 0 spiro atoms. The minimum absolute atomic E-state index is 0.0633. The maximum atomic E-state index is 12.8. The van der Waals surface area contributed by atoms with Gasteiger partial charge in [0.05, 0.1) is 5.69 Å². The number of rotatable bonds is 9. The van der Waals surface area contributed by atoms with Gasteiger partial charge in [0, 0.05) is 36.8 Å². The number of nitrogens with zero attached hydrogens (tertiary/aromatic N) is 3. The molecule has 3 aromatic rings. The first kappa shape index (κ1) is 27.4. The summed E-state index contributed by atoms with van der Waals surface area (Å²) >= 11 is 7.16. The summed E-state index contributed by atoms with van der Waals surface area (Å²) in [6, 6.07) is 8.37. The number of hydrogen-bond donors (Lipinski definition) is 1. The van der Waals surface area contributed by atoms with Crippen LogP contribution in [-0.2, 0) is 16.1 Å². The van der Waals surface area contributed by atoms with Crippen molar-refractivity contribution in [1.29, 1.82) is 0 Å². The zero-order valence-corrected chi connectivity index (χ0v) is 20.8. The third-order valence-electron chi connectivity index (χ3n) is 4.70. The van der Waals surface area contributed by atoms with Gasteiger partial charge in [0.2, 0.25) is 5.91 Å². The molecular weight excluding hydrogens is 521 g/mol. The summed E-state index contributed by atoms with van der Waals surface area (Å²) in [4.78, 5) is 33.1. The summed E-state index contributed by atoms with van der Waals surface area (Å²) in [6.45, 7) is 2.35. The topological polar surface area (TPSA) is 94.8 Å². The molecule has 36 heavy (non-hydrogen) atoms. The van der Waals surface area contributed by atoms with Crippen LogP contribution in [0.1, 0.15) is 22.5 Å². The molecule has 0 bridgehead atoms. The second kappa shape index (κ2) is 12.2. The molecule has 2 heterocycles. The average molecular weight is 543 g/mol. The zero-order chi connectivity index (χ0) is 26.3. The Bertz CT molecular complexity index is 1270. The van der Waals surface area contributed by atoms with Gasteiger partial charge in [-0.3, -0.25) is 9.59 Å². The minimum atomic E-state index is -4.79. The predicted octanol–water partition coefficient (Wildman–Crippen LogP) is 4.37. The van der Waals surface area contributed by atoms with E-state index in [0.717, 1.165) is 0 Å². The van der Waals surface area contributed by atoms with Crippen LogP contribution < -0.4 is 14.9 Å². The number of amides is 2. The van der Waals surface area contributed by atoms with Gasteiger partial charge in [0.25, 0.3) is 5.91 Å². The molecule has 3 rings (SSSR count). The van der Waals surface area contributed by atoms with Gasteiger partial charge in [-0.2, -0.15) is 4.99 Å². The average Bonchev–Trinajstić information content (AvgIpc) is 3.18. The summed E-state index contributed by atoms with van der Waals surface area (Å²) in [7, 11) is 1.42. The third-order valence-corrected chi connectivity index (χ3v) is 5.76. The fraction of sp³-hybridized carbons (Fsp3) is 0.304. The Balaban J connectivity index is 1.91. The fourth-order valence-electron chi connectivity index (χ4n) is 3.24. The predicted molar refractivity (Wildman–Crippen MR) is 128 cm³/mol. The van der Waals surface area contributed by atoms with Crippen LogP contribution in [0.15, 0.2) is 46.8 Å². The molecule has 192 valence electrons. The van der Waals surface area contributed by atoms with Crippen LogP contribution in [0.25, 0.3) is 11.3 Å². The molecule has 0 fully saturated rings. The number of nitrogens with one attached hydrogen (secondary N) is 1. The van der Waals surface area contributed by atoms with Crippen molar-refractivity contribution in [2.75, 3.05) is 20.3 Å². The van der Waals surface area contributed by atoms with Crippen LogP contribution in [0.2, 0.25) is 5.15 Å². The monoisotopic (exact) mass is 542 g/mol. The molecule has 0 aliphatic carbocycles. The first-order chi connectivity index (χ1) is 17.1. The number of hydrogen-bond acceptors (Lipinski definition) is 6. The van der Waals surface area contributed by atoms with Crippen molar-refractivity contribution >= 4 is 34.8 Å². The maximum absolute atomic E-state index is 12.8. The second-order valence-corrected chi connectivity index (χ2v) is 8.72. The summed E-state index contributed by atoms with van der Waals surface area (Å²) < 4.78 is 48.0. The van der Waals surface area contributed by atoms with E-state index >= 15 is 0 Å². The van der Waals surface area contributed by atoms with Crippen LogP contribution in [0, 0.1) is 6.92 Å². The van der Waals surface area contributed by atoms with Crippen LogP contribution in [-0.4, -0.2) is 48.0 Å². The Morgan fingerprint density at radius 2 is 1.94 bits per heavy atom. The Morgan fingerprint density at radius 1 is 1.22 bits per heavy atom. The van der Waals surface area contributed by atoms with Gasteiger partial charge in [0.1, 0.15) is 17.5 Å². The summed E-state index contributed by atoms with van der Waals surface area (Å²) in [5.41, 5.74) is 2.07. The summed E-state index contributed by atoms with van der Waals surface area (Å²) in [5, 5.41) is 4.63. The Labute approximate surface area is 213 Å². The molecule has 2 amide bonds. The van der Waals surface area contributed by atoms with E-state index in [4.69, 9.17) is 16.3 Å². The van der Waals surface area contributed by atoms with Gasteiger partial charge >= 0.3 is 6.36 Å². The van der Waals surface area contributed by atoms with Crippen molar-refractivity contribution in [2.45, 2.75) is 26.3 Å². The van der Waals surface area contributed by atoms with E-state index < -0.39 is 12.3 Å². The van der Waals surface area contributed by atoms with E-state index in [0.29, 0.717) is 41.3 Å². The van der Waals surface area contributed by atoms with Gasteiger partial charge in [-0.05, 0) is 55.3 Å². The third kappa shape index (κ3) is 7.90. The van der Waals surface area contributed by atoms with Crippen LogP contribution >= 0.6 is 22.9 Å². The SMILES string of the molecule is COCC(=O)NCCCn1c(-c2ccc(OC(F)(F)F)cc2)csc1=NC(=O)c1cc(C)nc(Cl)c1. The number of carbonyl (C=O) groups is 2. The molecule has 0 aliphatic heterocycles. The van der Waals surface area contributed by atoms with Gasteiger partial charge in [0.15, 0.2) is 4.80 Å². The van der Waals surface area contributed by atoms with E-state index in [-0.39, 0.29) is 29.0 Å². The lowest BCUT2D eigenvalue weighted by molar-refractivity contribution is -0.274. The lowest BCUT2D eigenvalue weighted by atomic mass is 10.1. The van der Waals surface area contributed by atoms with Crippen molar-refractivity contribution in [3.63, 3.8) is 0 Å². The van der Waals surface area contributed by atoms with Gasteiger partial charge in [-0.15, -0.1) is 24.5 Å². The van der Waals surface area contributed by atoms with Gasteiger partial charge < -0.3 is 19.4 Å². The molecule has 0 atom stereocenters.